The van der Waals surface area contributed by atoms with E-state index < -0.39 is 12.2 Å². The minimum atomic E-state index is -0.990. The topological polar surface area (TPSA) is 96.9 Å². The Balaban J connectivity index is 3.19. The number of hydrogen-bond acceptors (Lipinski definition) is 4. The monoisotopic (exact) mass is 302 g/mol. The van der Waals surface area contributed by atoms with Crippen LogP contribution in [0.4, 0.5) is 9.59 Å². The third kappa shape index (κ3) is 16.0. The van der Waals surface area contributed by atoms with Gasteiger partial charge in [-0.3, -0.25) is 0 Å². The Hall–Kier alpha value is -1.92. The first-order valence-electron chi connectivity index (χ1n) is 7.26. The van der Waals surface area contributed by atoms with Gasteiger partial charge in [0.2, 0.25) is 0 Å². The number of carbonyl (C=O) groups excluding carboxylic acids is 1. The van der Waals surface area contributed by atoms with E-state index in [0.717, 1.165) is 38.5 Å². The molecule has 0 bridgehead atoms. The summed E-state index contributed by atoms with van der Waals surface area (Å²) in [5.41, 5.74) is 0. The first-order valence-corrected chi connectivity index (χ1v) is 7.26. The van der Waals surface area contributed by atoms with E-state index in [1.165, 1.54) is 6.26 Å². The molecule has 0 aliphatic heterocycles. The molecule has 21 heavy (non-hydrogen) atoms. The molecule has 7 heteroatoms. The molecule has 0 aromatic carbocycles. The molecule has 0 aliphatic carbocycles. The van der Waals surface area contributed by atoms with Crippen molar-refractivity contribution in [2.24, 2.45) is 0 Å². The zero-order valence-electron chi connectivity index (χ0n) is 12.4. The summed E-state index contributed by atoms with van der Waals surface area (Å²) in [5, 5.41) is 13.3. The number of hydrogen-bond donors (Lipinski definition) is 3. The number of ether oxygens (including phenoxy) is 2. The van der Waals surface area contributed by atoms with Crippen LogP contribution in [-0.4, -0.2) is 43.6 Å². The van der Waals surface area contributed by atoms with Crippen LogP contribution in [0, 0.1) is 0 Å². The fourth-order valence-corrected chi connectivity index (χ4v) is 1.58. The zero-order chi connectivity index (χ0) is 15.8. The predicted molar refractivity (Wildman–Crippen MR) is 79.2 cm³/mol. The van der Waals surface area contributed by atoms with Crippen molar-refractivity contribution in [1.82, 2.24) is 10.6 Å². The summed E-state index contributed by atoms with van der Waals surface area (Å²) in [4.78, 5) is 21.5. The molecule has 7 nitrogen and oxygen atoms in total. The SMILES string of the molecule is C=COCCCCOC(=O)NCCCCCCNC(=O)O. The number of unbranched alkanes of at least 4 members (excludes halogenated alkanes) is 4. The van der Waals surface area contributed by atoms with Gasteiger partial charge in [0.1, 0.15) is 0 Å². The maximum atomic E-state index is 11.3. The first-order chi connectivity index (χ1) is 10.2. The standard InChI is InChI=1S/C14H26N2O5/c1-2-20-11-7-8-12-21-14(19)16-10-6-4-3-5-9-15-13(17)18/h2,15H,1,3-12H2,(H,16,19)(H,17,18). The van der Waals surface area contributed by atoms with Crippen LogP contribution in [-0.2, 0) is 9.47 Å². The summed E-state index contributed by atoms with van der Waals surface area (Å²) < 4.78 is 9.93. The highest BCUT2D eigenvalue weighted by Crippen LogP contribution is 1.98. The summed E-state index contributed by atoms with van der Waals surface area (Å²) >= 11 is 0. The van der Waals surface area contributed by atoms with E-state index >= 15 is 0 Å². The molecule has 0 aliphatic rings. The van der Waals surface area contributed by atoms with Gasteiger partial charge in [-0.1, -0.05) is 19.4 Å². The van der Waals surface area contributed by atoms with Crippen molar-refractivity contribution < 1.29 is 24.2 Å². The van der Waals surface area contributed by atoms with Gasteiger partial charge in [-0.15, -0.1) is 0 Å². The van der Waals surface area contributed by atoms with E-state index in [-0.39, 0.29) is 0 Å². The maximum absolute atomic E-state index is 11.3. The van der Waals surface area contributed by atoms with Crippen molar-refractivity contribution in [2.45, 2.75) is 38.5 Å². The Morgan fingerprint density at radius 1 is 0.952 bits per heavy atom. The highest BCUT2D eigenvalue weighted by molar-refractivity contribution is 5.66. The van der Waals surface area contributed by atoms with Gasteiger partial charge < -0.3 is 25.2 Å². The van der Waals surface area contributed by atoms with Crippen molar-refractivity contribution in [2.75, 3.05) is 26.3 Å². The van der Waals surface area contributed by atoms with Crippen LogP contribution in [0.2, 0.25) is 0 Å². The summed E-state index contributed by atoms with van der Waals surface area (Å²) in [6.07, 6.45) is 5.13. The maximum Gasteiger partial charge on any atom is 0.407 e. The van der Waals surface area contributed by atoms with E-state index in [0.29, 0.717) is 26.3 Å². The summed E-state index contributed by atoms with van der Waals surface area (Å²) in [6, 6.07) is 0. The quantitative estimate of drug-likeness (QED) is 0.359. The van der Waals surface area contributed by atoms with Crippen LogP contribution in [0.25, 0.3) is 0 Å². The van der Waals surface area contributed by atoms with Crippen LogP contribution < -0.4 is 10.6 Å². The number of carbonyl (C=O) groups is 2. The van der Waals surface area contributed by atoms with Crippen LogP contribution in [0.1, 0.15) is 38.5 Å². The molecule has 0 aromatic heterocycles. The van der Waals surface area contributed by atoms with E-state index in [1.807, 2.05) is 0 Å². The number of amides is 2. The summed E-state index contributed by atoms with van der Waals surface area (Å²) in [5.74, 6) is 0. The Morgan fingerprint density at radius 3 is 2.19 bits per heavy atom. The molecule has 0 atom stereocenters. The van der Waals surface area contributed by atoms with Gasteiger partial charge in [0, 0.05) is 13.1 Å². The molecule has 0 rings (SSSR count). The van der Waals surface area contributed by atoms with Gasteiger partial charge in [-0.2, -0.15) is 0 Å². The normalized spacial score (nSPS) is 9.71. The van der Waals surface area contributed by atoms with Crippen molar-refractivity contribution in [3.8, 4) is 0 Å². The Morgan fingerprint density at radius 2 is 1.57 bits per heavy atom. The fourth-order valence-electron chi connectivity index (χ4n) is 1.58. The van der Waals surface area contributed by atoms with E-state index in [4.69, 9.17) is 14.6 Å². The van der Waals surface area contributed by atoms with Crippen LogP contribution in [0.3, 0.4) is 0 Å². The molecule has 0 spiro atoms. The largest absolute Gasteiger partial charge is 0.502 e. The lowest BCUT2D eigenvalue weighted by Crippen LogP contribution is -2.25. The smallest absolute Gasteiger partial charge is 0.407 e. The molecule has 2 amide bonds. The molecule has 0 unspecified atom stereocenters. The average Bonchev–Trinajstić information content (AvgIpc) is 2.45. The third-order valence-electron chi connectivity index (χ3n) is 2.66. The van der Waals surface area contributed by atoms with Crippen molar-refractivity contribution in [1.29, 1.82) is 0 Å². The highest BCUT2D eigenvalue weighted by atomic mass is 16.5. The van der Waals surface area contributed by atoms with E-state index in [1.54, 1.807) is 0 Å². The van der Waals surface area contributed by atoms with Crippen molar-refractivity contribution in [3.63, 3.8) is 0 Å². The number of nitrogens with one attached hydrogen (secondary N) is 2. The molecule has 0 heterocycles. The van der Waals surface area contributed by atoms with Gasteiger partial charge in [-0.05, 0) is 25.7 Å². The Labute approximate surface area is 125 Å². The lowest BCUT2D eigenvalue weighted by Gasteiger charge is -2.07. The van der Waals surface area contributed by atoms with Crippen LogP contribution in [0.15, 0.2) is 12.8 Å². The molecule has 0 radical (unpaired) electrons. The molecule has 122 valence electrons. The molecular formula is C14H26N2O5. The Bertz CT molecular complexity index is 297. The summed E-state index contributed by atoms with van der Waals surface area (Å²) in [7, 11) is 0. The average molecular weight is 302 g/mol. The molecule has 3 N–H and O–H groups in total. The lowest BCUT2D eigenvalue weighted by atomic mass is 10.2. The minimum absolute atomic E-state index is 0.382. The van der Waals surface area contributed by atoms with Crippen LogP contribution >= 0.6 is 0 Å². The molecule has 0 saturated heterocycles. The van der Waals surface area contributed by atoms with E-state index in [2.05, 4.69) is 17.2 Å². The molecule has 0 aromatic rings. The second kappa shape index (κ2) is 14.5. The third-order valence-corrected chi connectivity index (χ3v) is 2.66. The van der Waals surface area contributed by atoms with Crippen molar-refractivity contribution in [3.05, 3.63) is 12.8 Å². The van der Waals surface area contributed by atoms with E-state index in [9.17, 15) is 9.59 Å². The second-order valence-corrected chi connectivity index (χ2v) is 4.45. The predicted octanol–water partition coefficient (Wildman–Crippen LogP) is 2.48. The highest BCUT2D eigenvalue weighted by Gasteiger charge is 2.00. The second-order valence-electron chi connectivity index (χ2n) is 4.45. The van der Waals surface area contributed by atoms with Crippen molar-refractivity contribution >= 4 is 12.2 Å². The van der Waals surface area contributed by atoms with Crippen LogP contribution in [0.5, 0.6) is 0 Å². The van der Waals surface area contributed by atoms with Gasteiger partial charge in [0.25, 0.3) is 0 Å². The lowest BCUT2D eigenvalue weighted by molar-refractivity contribution is 0.139. The molecule has 0 fully saturated rings. The zero-order valence-corrected chi connectivity index (χ0v) is 12.4. The van der Waals surface area contributed by atoms with Gasteiger partial charge in [-0.25, -0.2) is 9.59 Å². The molecule has 0 saturated carbocycles. The first kappa shape index (κ1) is 19.1. The fraction of sp³-hybridized carbons (Fsp3) is 0.714. The number of rotatable bonds is 13. The van der Waals surface area contributed by atoms with Gasteiger partial charge in [0.05, 0.1) is 19.5 Å². The van der Waals surface area contributed by atoms with Gasteiger partial charge >= 0.3 is 12.2 Å². The molecular weight excluding hydrogens is 276 g/mol. The number of carboxylic acid groups (broad SMARTS) is 1. The van der Waals surface area contributed by atoms with Gasteiger partial charge in [0.15, 0.2) is 0 Å². The Kier molecular flexibility index (Phi) is 13.2. The summed E-state index contributed by atoms with van der Waals surface area (Å²) in [6.45, 7) is 5.45. The number of alkyl carbamates (subject to hydrolysis) is 1. The minimum Gasteiger partial charge on any atom is -0.502 e.